The van der Waals surface area contributed by atoms with Gasteiger partial charge in [-0.2, -0.15) is 8.78 Å². The van der Waals surface area contributed by atoms with Gasteiger partial charge >= 0.3 is 6.61 Å². The Morgan fingerprint density at radius 3 is 2.59 bits per heavy atom. The molecule has 3 heterocycles. The number of anilines is 1. The summed E-state index contributed by atoms with van der Waals surface area (Å²) in [6.07, 6.45) is 3.31. The van der Waals surface area contributed by atoms with E-state index in [1.54, 1.807) is 28.6 Å². The van der Waals surface area contributed by atoms with Crippen LogP contribution in [0.3, 0.4) is 0 Å². The molecule has 0 fully saturated rings. The Bertz CT molecular complexity index is 1460. The number of carbonyl (C=O) groups is 1. The zero-order valence-corrected chi connectivity index (χ0v) is 22.0. The van der Waals surface area contributed by atoms with Crippen molar-refractivity contribution in [3.8, 4) is 22.6 Å². The molecule has 7 nitrogen and oxygen atoms in total. The standard InChI is InChI=1S/C27H28F2N5O2P/c1-5-20-25-32-19-11-9-16(17-10-12-23(30-14-17)31-15-37(3)4)13-21(19)34(25)24-18(26(35)33(20)2)7-6-8-22(24)36-27(28)29/h6-14,20,27H,5,15H2,1-4H3,(H,30,31). The molecule has 1 atom stereocenters. The molecule has 2 aromatic heterocycles. The van der Waals surface area contributed by atoms with Crippen LogP contribution in [-0.4, -0.2) is 58.6 Å². The first-order valence-corrected chi connectivity index (χ1v) is 14.4. The number of para-hydroxylation sites is 1. The number of alkyl halides is 2. The molecule has 4 aromatic rings. The molecule has 1 N–H and O–H groups in total. The minimum absolute atomic E-state index is 0.0686. The van der Waals surface area contributed by atoms with Crippen molar-refractivity contribution in [3.05, 3.63) is 66.1 Å². The van der Waals surface area contributed by atoms with E-state index in [2.05, 4.69) is 23.6 Å². The van der Waals surface area contributed by atoms with E-state index in [9.17, 15) is 13.6 Å². The molecular formula is C27H28F2N5O2P. The highest BCUT2D eigenvalue weighted by molar-refractivity contribution is 7.56. The Morgan fingerprint density at radius 1 is 1.14 bits per heavy atom. The van der Waals surface area contributed by atoms with Crippen molar-refractivity contribution in [1.29, 1.82) is 0 Å². The lowest BCUT2D eigenvalue weighted by atomic mass is 10.1. The summed E-state index contributed by atoms with van der Waals surface area (Å²) in [6, 6.07) is 14.1. The van der Waals surface area contributed by atoms with Crippen molar-refractivity contribution in [2.75, 3.05) is 32.0 Å². The van der Waals surface area contributed by atoms with Crippen LogP contribution in [0, 0.1) is 0 Å². The Morgan fingerprint density at radius 2 is 1.92 bits per heavy atom. The topological polar surface area (TPSA) is 72.3 Å². The highest BCUT2D eigenvalue weighted by atomic mass is 31.1. The van der Waals surface area contributed by atoms with Gasteiger partial charge in [0.1, 0.15) is 17.3 Å². The molecule has 192 valence electrons. The SMILES string of the molecule is CCC1c2nc3ccc(-c4ccc(NCP(C)C)nc4)cc3n2-c2c(OC(F)F)cccc2C(=O)N1C. The number of halogens is 2. The average molecular weight is 524 g/mol. The van der Waals surface area contributed by atoms with Crippen LogP contribution in [0.1, 0.15) is 35.6 Å². The number of aromatic nitrogens is 3. The lowest BCUT2D eigenvalue weighted by Gasteiger charge is -2.24. The molecular weight excluding hydrogens is 495 g/mol. The number of nitrogens with zero attached hydrogens (tertiary/aromatic N) is 4. The third kappa shape index (κ3) is 4.64. The molecule has 1 unspecified atom stereocenters. The molecule has 0 aliphatic carbocycles. The number of hydrogen-bond acceptors (Lipinski definition) is 5. The van der Waals surface area contributed by atoms with E-state index in [1.807, 2.05) is 43.5 Å². The van der Waals surface area contributed by atoms with E-state index in [1.165, 1.54) is 6.07 Å². The van der Waals surface area contributed by atoms with E-state index in [-0.39, 0.29) is 36.9 Å². The average Bonchev–Trinajstić information content (AvgIpc) is 3.21. The van der Waals surface area contributed by atoms with E-state index in [0.29, 0.717) is 23.3 Å². The van der Waals surface area contributed by atoms with Gasteiger partial charge in [-0.25, -0.2) is 9.97 Å². The highest BCUT2D eigenvalue weighted by Gasteiger charge is 2.35. The predicted octanol–water partition coefficient (Wildman–Crippen LogP) is 6.34. The number of rotatable bonds is 7. The Labute approximate surface area is 215 Å². The number of fused-ring (bicyclic) bond motifs is 5. The first-order valence-electron chi connectivity index (χ1n) is 12.0. The fourth-order valence-corrected chi connectivity index (χ4v) is 5.20. The van der Waals surface area contributed by atoms with E-state index in [4.69, 9.17) is 9.72 Å². The van der Waals surface area contributed by atoms with Gasteiger partial charge in [-0.05, 0) is 61.7 Å². The number of benzene rings is 2. The third-order valence-corrected chi connectivity index (χ3v) is 7.29. The van der Waals surface area contributed by atoms with Gasteiger partial charge in [-0.3, -0.25) is 9.36 Å². The molecule has 0 bridgehead atoms. The zero-order chi connectivity index (χ0) is 26.3. The van der Waals surface area contributed by atoms with Crippen LogP contribution < -0.4 is 10.1 Å². The van der Waals surface area contributed by atoms with Crippen LogP contribution in [0.4, 0.5) is 14.6 Å². The fourth-order valence-electron chi connectivity index (χ4n) is 4.72. The van der Waals surface area contributed by atoms with E-state index >= 15 is 0 Å². The van der Waals surface area contributed by atoms with E-state index in [0.717, 1.165) is 23.2 Å². The van der Waals surface area contributed by atoms with Gasteiger partial charge in [-0.1, -0.05) is 27.0 Å². The van der Waals surface area contributed by atoms with Crippen LogP contribution in [-0.2, 0) is 0 Å². The monoisotopic (exact) mass is 523 g/mol. The largest absolute Gasteiger partial charge is 0.433 e. The second-order valence-electron chi connectivity index (χ2n) is 9.23. The van der Waals surface area contributed by atoms with Crippen LogP contribution in [0.2, 0.25) is 0 Å². The van der Waals surface area contributed by atoms with Crippen molar-refractivity contribution in [2.24, 2.45) is 0 Å². The normalized spacial score (nSPS) is 15.2. The molecule has 5 rings (SSSR count). The molecule has 1 amide bonds. The third-order valence-electron chi connectivity index (χ3n) is 6.50. The van der Waals surface area contributed by atoms with Crippen LogP contribution >= 0.6 is 7.92 Å². The number of imidazole rings is 1. The van der Waals surface area contributed by atoms with Crippen molar-refractivity contribution in [1.82, 2.24) is 19.4 Å². The summed E-state index contributed by atoms with van der Waals surface area (Å²) in [4.78, 5) is 24.4. The van der Waals surface area contributed by atoms with Gasteiger partial charge in [0.25, 0.3) is 5.91 Å². The second-order valence-corrected chi connectivity index (χ2v) is 11.7. The smallest absolute Gasteiger partial charge is 0.387 e. The Kier molecular flexibility index (Phi) is 6.82. The van der Waals surface area contributed by atoms with Gasteiger partial charge in [0, 0.05) is 25.1 Å². The van der Waals surface area contributed by atoms with Crippen molar-refractivity contribution in [2.45, 2.75) is 26.0 Å². The molecule has 0 saturated carbocycles. The van der Waals surface area contributed by atoms with Gasteiger partial charge in [-0.15, -0.1) is 0 Å². The minimum atomic E-state index is -3.03. The molecule has 1 aliphatic rings. The van der Waals surface area contributed by atoms with Crippen molar-refractivity contribution in [3.63, 3.8) is 0 Å². The van der Waals surface area contributed by atoms with Gasteiger partial charge in [0.15, 0.2) is 5.75 Å². The Hall–Kier alpha value is -3.58. The van der Waals surface area contributed by atoms with Gasteiger partial charge in [0.2, 0.25) is 0 Å². The van der Waals surface area contributed by atoms with Crippen molar-refractivity contribution < 1.29 is 18.3 Å². The van der Waals surface area contributed by atoms with Crippen LogP contribution in [0.15, 0.2) is 54.7 Å². The fraction of sp³-hybridized carbons (Fsp3) is 0.296. The Balaban J connectivity index is 1.69. The number of ether oxygens (including phenoxy) is 1. The maximum absolute atomic E-state index is 13.4. The van der Waals surface area contributed by atoms with Crippen LogP contribution in [0.25, 0.3) is 27.8 Å². The van der Waals surface area contributed by atoms with E-state index < -0.39 is 6.61 Å². The number of carbonyl (C=O) groups excluding carboxylic acids is 1. The summed E-state index contributed by atoms with van der Waals surface area (Å²) in [6.45, 7) is 3.33. The first kappa shape index (κ1) is 25.1. The molecule has 2 aromatic carbocycles. The number of hydrogen-bond donors (Lipinski definition) is 1. The van der Waals surface area contributed by atoms with Crippen LogP contribution in [0.5, 0.6) is 5.75 Å². The lowest BCUT2D eigenvalue weighted by molar-refractivity contribution is -0.0498. The first-order chi connectivity index (χ1) is 17.8. The summed E-state index contributed by atoms with van der Waals surface area (Å²) < 4.78 is 33.5. The second kappa shape index (κ2) is 10.1. The number of pyridine rings is 1. The molecule has 10 heteroatoms. The van der Waals surface area contributed by atoms with Gasteiger partial charge in [0.05, 0.1) is 22.6 Å². The summed E-state index contributed by atoms with van der Waals surface area (Å²) in [5.41, 5.74) is 3.76. The predicted molar refractivity (Wildman–Crippen MR) is 143 cm³/mol. The molecule has 0 saturated heterocycles. The summed E-state index contributed by atoms with van der Waals surface area (Å²) >= 11 is 0. The highest BCUT2D eigenvalue weighted by Crippen LogP contribution is 2.40. The summed E-state index contributed by atoms with van der Waals surface area (Å²) in [7, 11) is 1.63. The maximum Gasteiger partial charge on any atom is 0.387 e. The van der Waals surface area contributed by atoms with Crippen molar-refractivity contribution >= 4 is 30.7 Å². The minimum Gasteiger partial charge on any atom is -0.433 e. The summed E-state index contributed by atoms with van der Waals surface area (Å²) in [5.74, 6) is 1.07. The number of amides is 1. The zero-order valence-electron chi connectivity index (χ0n) is 21.1. The molecule has 0 spiro atoms. The number of nitrogens with one attached hydrogen (secondary N) is 1. The summed E-state index contributed by atoms with van der Waals surface area (Å²) in [5, 5.41) is 3.34. The quantitative estimate of drug-likeness (QED) is 0.287. The molecule has 1 aliphatic heterocycles. The lowest BCUT2D eigenvalue weighted by Crippen LogP contribution is -2.30. The maximum atomic E-state index is 13.4. The van der Waals surface area contributed by atoms with Gasteiger partial charge < -0.3 is 15.0 Å². The molecule has 0 radical (unpaired) electrons. The molecule has 37 heavy (non-hydrogen) atoms.